The van der Waals surface area contributed by atoms with Crippen molar-refractivity contribution in [1.82, 2.24) is 19.4 Å². The Morgan fingerprint density at radius 2 is 1.77 bits per heavy atom. The number of ether oxygens (including phenoxy) is 1. The third kappa shape index (κ3) is 5.52. The number of aryl methyl sites for hydroxylation is 2. The van der Waals surface area contributed by atoms with E-state index in [1.165, 1.54) is 26.2 Å². The molecule has 1 aliphatic heterocycles. The van der Waals surface area contributed by atoms with E-state index in [4.69, 9.17) is 4.74 Å². The van der Waals surface area contributed by atoms with E-state index < -0.39 is 76.4 Å². The van der Waals surface area contributed by atoms with Gasteiger partial charge in [0.2, 0.25) is 0 Å². The average Bonchev–Trinajstić information content (AvgIpc) is 3.00. The Labute approximate surface area is 272 Å². The summed E-state index contributed by atoms with van der Waals surface area (Å²) < 4.78 is 37.8. The molecule has 1 saturated heterocycles. The fourth-order valence-corrected chi connectivity index (χ4v) is 6.25. The quantitative estimate of drug-likeness (QED) is 0.200. The first-order chi connectivity index (χ1) is 22.6. The number of carbonyl (C=O) groups is 2. The van der Waals surface area contributed by atoms with Crippen molar-refractivity contribution in [3.63, 3.8) is 0 Å². The maximum Gasteiger partial charge on any atom is 0.407 e. The van der Waals surface area contributed by atoms with Crippen LogP contribution in [0.1, 0.15) is 43.6 Å². The van der Waals surface area contributed by atoms with Crippen molar-refractivity contribution in [2.75, 3.05) is 25.1 Å². The first-order valence-electron chi connectivity index (χ1n) is 14.8. The van der Waals surface area contributed by atoms with Gasteiger partial charge in [0.1, 0.15) is 29.0 Å². The molecular formula is C32H32F2N6O8. The number of benzene rings is 1. The average molecular weight is 667 g/mol. The number of nitrogens with zero attached hydrogens (tertiary/aromatic N) is 6. The number of piperazine rings is 1. The number of amides is 1. The maximum atomic E-state index is 16.3. The molecule has 48 heavy (non-hydrogen) atoms. The van der Waals surface area contributed by atoms with Crippen LogP contribution in [0.15, 0.2) is 35.1 Å². The lowest BCUT2D eigenvalue weighted by atomic mass is 10.0. The van der Waals surface area contributed by atoms with Gasteiger partial charge in [-0.15, -0.1) is 0 Å². The van der Waals surface area contributed by atoms with E-state index in [-0.39, 0.29) is 34.0 Å². The molecule has 5 rings (SSSR count). The molecule has 0 saturated carbocycles. The molecule has 1 aliphatic rings. The third-order valence-electron chi connectivity index (χ3n) is 8.33. The number of hydrogen-bond donors (Lipinski definition) is 2. The Morgan fingerprint density at radius 1 is 1.08 bits per heavy atom. The molecule has 14 nitrogen and oxygen atoms in total. The van der Waals surface area contributed by atoms with Crippen LogP contribution in [0.25, 0.3) is 28.0 Å². The molecule has 1 amide bonds. The van der Waals surface area contributed by atoms with Crippen LogP contribution in [0.3, 0.4) is 0 Å². The van der Waals surface area contributed by atoms with Gasteiger partial charge >= 0.3 is 23.3 Å². The monoisotopic (exact) mass is 666 g/mol. The fraction of sp³-hybridized carbons (Fsp3) is 0.344. The highest BCUT2D eigenvalue weighted by Crippen LogP contribution is 2.41. The molecule has 1 fully saturated rings. The van der Waals surface area contributed by atoms with Crippen LogP contribution in [0.2, 0.25) is 0 Å². The van der Waals surface area contributed by atoms with Crippen molar-refractivity contribution in [3.05, 3.63) is 79.4 Å². The molecule has 4 heterocycles. The smallest absolute Gasteiger partial charge is 0.407 e. The second kappa shape index (κ2) is 12.5. The molecule has 0 radical (unpaired) electrons. The van der Waals surface area contributed by atoms with Gasteiger partial charge in [0, 0.05) is 18.3 Å². The Kier molecular flexibility index (Phi) is 8.77. The SMILES string of the molecule is COc1cccc(F)c1-c1nc2c(cc1F)c(N1C[C@@H](C)N(C(=O)O)C[C@@H]1C(=O)O)c([N+](=O)[O-])c(=O)n2-c1c(C)cc(C)nc1C(C)C. The van der Waals surface area contributed by atoms with Crippen LogP contribution in [0.5, 0.6) is 5.75 Å². The minimum atomic E-state index is -1.71. The number of rotatable bonds is 7. The van der Waals surface area contributed by atoms with E-state index in [0.717, 1.165) is 26.5 Å². The van der Waals surface area contributed by atoms with Gasteiger partial charge in [0.05, 0.1) is 40.9 Å². The molecule has 252 valence electrons. The molecule has 2 N–H and O–H groups in total. The molecule has 1 aromatic carbocycles. The van der Waals surface area contributed by atoms with Crippen molar-refractivity contribution in [3.8, 4) is 22.7 Å². The summed E-state index contributed by atoms with van der Waals surface area (Å²) in [4.78, 5) is 61.7. The molecule has 0 spiro atoms. The zero-order valence-electron chi connectivity index (χ0n) is 26.8. The number of aliphatic carboxylic acids is 1. The van der Waals surface area contributed by atoms with Crippen LogP contribution in [-0.4, -0.2) is 78.9 Å². The Bertz CT molecular complexity index is 2070. The van der Waals surface area contributed by atoms with Crippen LogP contribution in [0.4, 0.5) is 25.0 Å². The lowest BCUT2D eigenvalue weighted by Gasteiger charge is -2.43. The predicted molar refractivity (Wildman–Crippen MR) is 170 cm³/mol. The number of pyridine rings is 3. The van der Waals surface area contributed by atoms with Gasteiger partial charge < -0.3 is 24.7 Å². The number of fused-ring (bicyclic) bond motifs is 1. The highest BCUT2D eigenvalue weighted by molar-refractivity contribution is 5.99. The highest BCUT2D eigenvalue weighted by atomic mass is 19.1. The second-order valence-electron chi connectivity index (χ2n) is 11.9. The van der Waals surface area contributed by atoms with Crippen molar-refractivity contribution in [2.45, 2.75) is 52.6 Å². The largest absolute Gasteiger partial charge is 0.496 e. The molecule has 0 unspecified atom stereocenters. The van der Waals surface area contributed by atoms with Crippen molar-refractivity contribution < 1.29 is 38.2 Å². The van der Waals surface area contributed by atoms with Crippen LogP contribution < -0.4 is 15.2 Å². The zero-order valence-corrected chi connectivity index (χ0v) is 26.8. The van der Waals surface area contributed by atoms with E-state index in [9.17, 15) is 34.7 Å². The number of carboxylic acid groups (broad SMARTS) is 2. The molecular weight excluding hydrogens is 634 g/mol. The molecule has 2 atom stereocenters. The number of halogens is 2. The topological polar surface area (TPSA) is 181 Å². The lowest BCUT2D eigenvalue weighted by molar-refractivity contribution is -0.385. The van der Waals surface area contributed by atoms with Crippen molar-refractivity contribution in [1.29, 1.82) is 0 Å². The van der Waals surface area contributed by atoms with Crippen LogP contribution in [-0.2, 0) is 4.79 Å². The van der Waals surface area contributed by atoms with E-state index in [0.29, 0.717) is 17.0 Å². The summed E-state index contributed by atoms with van der Waals surface area (Å²) in [6.07, 6.45) is -1.41. The Hall–Kier alpha value is -5.67. The number of aromatic nitrogens is 3. The Balaban J connectivity index is 2.02. The zero-order chi connectivity index (χ0) is 35.4. The van der Waals surface area contributed by atoms with Crippen molar-refractivity contribution in [2.24, 2.45) is 0 Å². The lowest BCUT2D eigenvalue weighted by Crippen LogP contribution is -2.61. The van der Waals surface area contributed by atoms with E-state index in [1.54, 1.807) is 33.8 Å². The summed E-state index contributed by atoms with van der Waals surface area (Å²) in [5.41, 5.74) is -2.64. The number of methoxy groups -OCH3 is 1. The summed E-state index contributed by atoms with van der Waals surface area (Å²) in [7, 11) is 1.24. The summed E-state index contributed by atoms with van der Waals surface area (Å²) >= 11 is 0. The van der Waals surface area contributed by atoms with E-state index >= 15 is 8.78 Å². The van der Waals surface area contributed by atoms with Crippen LogP contribution >= 0.6 is 0 Å². The van der Waals surface area contributed by atoms with Gasteiger partial charge in [-0.1, -0.05) is 19.9 Å². The molecule has 0 bridgehead atoms. The number of hydrogen-bond acceptors (Lipinski definition) is 9. The van der Waals surface area contributed by atoms with E-state index in [1.807, 2.05) is 0 Å². The first kappa shape index (κ1) is 33.7. The van der Waals surface area contributed by atoms with Crippen molar-refractivity contribution >= 4 is 34.5 Å². The molecule has 16 heteroatoms. The fourth-order valence-electron chi connectivity index (χ4n) is 6.25. The minimum absolute atomic E-state index is 0.0857. The maximum absolute atomic E-state index is 16.3. The van der Waals surface area contributed by atoms with Crippen LogP contribution in [0, 0.1) is 35.6 Å². The van der Waals surface area contributed by atoms with Gasteiger partial charge in [-0.3, -0.25) is 24.5 Å². The molecule has 0 aliphatic carbocycles. The van der Waals surface area contributed by atoms with Gasteiger partial charge in [0.25, 0.3) is 0 Å². The minimum Gasteiger partial charge on any atom is -0.496 e. The van der Waals surface area contributed by atoms with Gasteiger partial charge in [0.15, 0.2) is 11.5 Å². The number of anilines is 1. The highest BCUT2D eigenvalue weighted by Gasteiger charge is 2.43. The van der Waals surface area contributed by atoms with Gasteiger partial charge in [-0.25, -0.2) is 23.4 Å². The summed E-state index contributed by atoms with van der Waals surface area (Å²) in [5.74, 6) is -4.01. The second-order valence-corrected chi connectivity index (χ2v) is 11.9. The van der Waals surface area contributed by atoms with Gasteiger partial charge in [-0.2, -0.15) is 0 Å². The normalized spacial score (nSPS) is 16.4. The summed E-state index contributed by atoms with van der Waals surface area (Å²) in [6.45, 7) is 7.42. The summed E-state index contributed by atoms with van der Waals surface area (Å²) in [5, 5.41) is 32.4. The Morgan fingerprint density at radius 3 is 2.35 bits per heavy atom. The molecule has 4 aromatic rings. The summed E-state index contributed by atoms with van der Waals surface area (Å²) in [6, 6.07) is 3.66. The van der Waals surface area contributed by atoms with E-state index in [2.05, 4.69) is 9.97 Å². The molecule has 3 aromatic heterocycles. The third-order valence-corrected chi connectivity index (χ3v) is 8.33. The standard InChI is InChI=1S/C32H32F2N6O8/c1-14(2)24-26(15(3)10-16(4)35-24)39-29-18(11-20(34)25(36-29)23-19(33)8-7-9-22(23)48-6)27(28(30(39)41)40(46)47)38-12-17(5)37(32(44)45)13-21(38)31(42)43/h7-11,14,17,21H,12-13H2,1-6H3,(H,42,43)(H,44,45)/t17-,21-/m1/s1. The number of nitro groups is 1. The first-order valence-corrected chi connectivity index (χ1v) is 14.8. The van der Waals surface area contributed by atoms with Gasteiger partial charge in [-0.05, 0) is 56.5 Å². The number of carboxylic acids is 1. The predicted octanol–water partition coefficient (Wildman–Crippen LogP) is 5.02.